The highest BCUT2D eigenvalue weighted by atomic mass is 16.4. The van der Waals surface area contributed by atoms with Crippen LogP contribution in [0.1, 0.15) is 104 Å². The van der Waals surface area contributed by atoms with Gasteiger partial charge in [-0.1, -0.05) is 90.9 Å². The van der Waals surface area contributed by atoms with Gasteiger partial charge in [0.15, 0.2) is 0 Å². The van der Waals surface area contributed by atoms with Crippen LogP contribution in [0.3, 0.4) is 0 Å². The van der Waals surface area contributed by atoms with Crippen molar-refractivity contribution < 1.29 is 15.0 Å². The van der Waals surface area contributed by atoms with E-state index in [9.17, 15) is 9.90 Å². The molecule has 0 radical (unpaired) electrons. The number of hydrogen-bond donors (Lipinski definition) is 2. The molecule has 0 aromatic rings. The first-order valence-electron chi connectivity index (χ1n) is 9.46. The first kappa shape index (κ1) is 21.4. The van der Waals surface area contributed by atoms with E-state index in [0.29, 0.717) is 6.42 Å². The summed E-state index contributed by atoms with van der Waals surface area (Å²) in [6.45, 7) is 4.64. The number of carboxylic acid groups (broad SMARTS) is 1. The zero-order chi connectivity index (χ0) is 16.6. The molecule has 2 unspecified atom stereocenters. The summed E-state index contributed by atoms with van der Waals surface area (Å²) in [6.07, 6.45) is 15.3. The fourth-order valence-electron chi connectivity index (χ4n) is 2.95. The summed E-state index contributed by atoms with van der Waals surface area (Å²) in [5, 5.41) is 18.0. The van der Waals surface area contributed by atoms with E-state index in [1.54, 1.807) is 0 Å². The van der Waals surface area contributed by atoms with Gasteiger partial charge in [0.05, 0.1) is 12.5 Å². The van der Waals surface area contributed by atoms with Crippen molar-refractivity contribution in [1.29, 1.82) is 0 Å². The van der Waals surface area contributed by atoms with Gasteiger partial charge < -0.3 is 10.2 Å². The van der Waals surface area contributed by atoms with Crippen molar-refractivity contribution >= 4 is 5.97 Å². The molecule has 22 heavy (non-hydrogen) atoms. The normalized spacial score (nSPS) is 14.0. The second kappa shape index (κ2) is 15.3. The standard InChI is InChI=1S/C19H38O3/c1-3-4-5-7-10-13-17(2)14-11-8-6-9-12-15-18(20)16-19(21)22/h17-18,20H,3-16H2,1-2H3,(H,21,22). The number of hydrogen-bond acceptors (Lipinski definition) is 2. The lowest BCUT2D eigenvalue weighted by Crippen LogP contribution is -2.12. The van der Waals surface area contributed by atoms with Gasteiger partial charge in [0.1, 0.15) is 0 Å². The monoisotopic (exact) mass is 314 g/mol. The molecule has 0 aliphatic rings. The summed E-state index contributed by atoms with van der Waals surface area (Å²) in [5.41, 5.74) is 0. The van der Waals surface area contributed by atoms with Crippen LogP contribution in [0.5, 0.6) is 0 Å². The Hall–Kier alpha value is -0.570. The first-order chi connectivity index (χ1) is 10.6. The summed E-state index contributed by atoms with van der Waals surface area (Å²) < 4.78 is 0. The molecule has 0 aromatic heterocycles. The Kier molecular flexibility index (Phi) is 14.9. The van der Waals surface area contributed by atoms with Gasteiger partial charge in [-0.2, -0.15) is 0 Å². The Morgan fingerprint density at radius 2 is 1.27 bits per heavy atom. The van der Waals surface area contributed by atoms with Gasteiger partial charge in [-0.3, -0.25) is 4.79 Å². The molecule has 3 heteroatoms. The van der Waals surface area contributed by atoms with Crippen molar-refractivity contribution in [3.63, 3.8) is 0 Å². The van der Waals surface area contributed by atoms with Crippen molar-refractivity contribution in [2.45, 2.75) is 110 Å². The van der Waals surface area contributed by atoms with Crippen molar-refractivity contribution in [1.82, 2.24) is 0 Å². The number of unbranched alkanes of at least 4 members (excludes halogenated alkanes) is 8. The van der Waals surface area contributed by atoms with Crippen molar-refractivity contribution in [2.24, 2.45) is 5.92 Å². The third-order valence-electron chi connectivity index (χ3n) is 4.44. The molecule has 0 fully saturated rings. The molecular formula is C19H38O3. The fraction of sp³-hybridized carbons (Fsp3) is 0.947. The number of carboxylic acids is 1. The molecule has 3 nitrogen and oxygen atoms in total. The predicted octanol–water partition coefficient (Wildman–Crippen LogP) is 5.55. The summed E-state index contributed by atoms with van der Waals surface area (Å²) in [4.78, 5) is 10.4. The number of aliphatic hydroxyl groups is 1. The quantitative estimate of drug-likeness (QED) is 0.367. The van der Waals surface area contributed by atoms with E-state index in [4.69, 9.17) is 5.11 Å². The highest BCUT2D eigenvalue weighted by Crippen LogP contribution is 2.18. The van der Waals surface area contributed by atoms with E-state index < -0.39 is 12.1 Å². The molecule has 0 aromatic carbocycles. The minimum Gasteiger partial charge on any atom is -0.481 e. The van der Waals surface area contributed by atoms with Crippen molar-refractivity contribution in [3.05, 3.63) is 0 Å². The Labute approximate surface area is 137 Å². The molecule has 0 aliphatic carbocycles. The SMILES string of the molecule is CCCCCCCC(C)CCCCCCCC(O)CC(=O)O. The molecule has 0 rings (SSSR count). The Balaban J connectivity index is 3.26. The second-order valence-corrected chi connectivity index (χ2v) is 6.90. The summed E-state index contributed by atoms with van der Waals surface area (Å²) in [7, 11) is 0. The highest BCUT2D eigenvalue weighted by molar-refractivity contribution is 5.67. The average molecular weight is 315 g/mol. The van der Waals surface area contributed by atoms with Crippen molar-refractivity contribution in [3.8, 4) is 0 Å². The zero-order valence-corrected chi connectivity index (χ0v) is 14.9. The van der Waals surface area contributed by atoms with E-state index in [2.05, 4.69) is 13.8 Å². The second-order valence-electron chi connectivity index (χ2n) is 6.90. The lowest BCUT2D eigenvalue weighted by Gasteiger charge is -2.11. The smallest absolute Gasteiger partial charge is 0.305 e. The topological polar surface area (TPSA) is 57.5 Å². The largest absolute Gasteiger partial charge is 0.481 e. The number of aliphatic carboxylic acids is 1. The lowest BCUT2D eigenvalue weighted by molar-refractivity contribution is -0.139. The van der Waals surface area contributed by atoms with E-state index in [-0.39, 0.29) is 6.42 Å². The van der Waals surface area contributed by atoms with E-state index in [1.165, 1.54) is 64.2 Å². The van der Waals surface area contributed by atoms with Crippen LogP contribution in [0.25, 0.3) is 0 Å². The third-order valence-corrected chi connectivity index (χ3v) is 4.44. The summed E-state index contributed by atoms with van der Waals surface area (Å²) >= 11 is 0. The summed E-state index contributed by atoms with van der Waals surface area (Å²) in [5.74, 6) is -0.0461. The van der Waals surface area contributed by atoms with E-state index in [1.807, 2.05) is 0 Å². The van der Waals surface area contributed by atoms with Crippen LogP contribution < -0.4 is 0 Å². The number of aliphatic hydroxyl groups excluding tert-OH is 1. The fourth-order valence-corrected chi connectivity index (χ4v) is 2.95. The van der Waals surface area contributed by atoms with Crippen LogP contribution >= 0.6 is 0 Å². The van der Waals surface area contributed by atoms with Gasteiger partial charge in [0.2, 0.25) is 0 Å². The van der Waals surface area contributed by atoms with Gasteiger partial charge in [-0.15, -0.1) is 0 Å². The van der Waals surface area contributed by atoms with Crippen LogP contribution in [0, 0.1) is 5.92 Å². The molecule has 0 amide bonds. The lowest BCUT2D eigenvalue weighted by atomic mass is 9.96. The average Bonchev–Trinajstić information content (AvgIpc) is 2.45. The molecule has 2 atom stereocenters. The summed E-state index contributed by atoms with van der Waals surface area (Å²) in [6, 6.07) is 0. The Morgan fingerprint density at radius 3 is 1.77 bits per heavy atom. The third kappa shape index (κ3) is 15.8. The maximum Gasteiger partial charge on any atom is 0.305 e. The molecule has 0 aliphatic heterocycles. The molecule has 0 saturated carbocycles. The maximum absolute atomic E-state index is 10.4. The Bertz CT molecular complexity index is 253. The van der Waals surface area contributed by atoms with Gasteiger partial charge >= 0.3 is 5.97 Å². The number of rotatable bonds is 16. The van der Waals surface area contributed by atoms with Crippen molar-refractivity contribution in [2.75, 3.05) is 0 Å². The minimum atomic E-state index is -0.906. The Morgan fingerprint density at radius 1 is 0.818 bits per heavy atom. The van der Waals surface area contributed by atoms with Crippen LogP contribution in [0.2, 0.25) is 0 Å². The van der Waals surface area contributed by atoms with E-state index in [0.717, 1.165) is 18.8 Å². The molecule has 0 spiro atoms. The molecule has 0 saturated heterocycles. The molecular weight excluding hydrogens is 276 g/mol. The number of carbonyl (C=O) groups is 1. The highest BCUT2D eigenvalue weighted by Gasteiger charge is 2.08. The molecule has 132 valence electrons. The molecule has 0 bridgehead atoms. The van der Waals surface area contributed by atoms with Crippen LogP contribution in [-0.4, -0.2) is 22.3 Å². The van der Waals surface area contributed by atoms with Crippen LogP contribution in [0.15, 0.2) is 0 Å². The van der Waals surface area contributed by atoms with E-state index >= 15 is 0 Å². The first-order valence-corrected chi connectivity index (χ1v) is 9.46. The predicted molar refractivity (Wildman–Crippen MR) is 93.1 cm³/mol. The van der Waals surface area contributed by atoms with Gasteiger partial charge in [0, 0.05) is 0 Å². The zero-order valence-electron chi connectivity index (χ0n) is 14.9. The van der Waals surface area contributed by atoms with Crippen LogP contribution in [-0.2, 0) is 4.79 Å². The van der Waals surface area contributed by atoms with Crippen LogP contribution in [0.4, 0.5) is 0 Å². The van der Waals surface area contributed by atoms with Gasteiger partial charge in [0.25, 0.3) is 0 Å². The van der Waals surface area contributed by atoms with Gasteiger partial charge in [-0.05, 0) is 12.3 Å². The molecule has 2 N–H and O–H groups in total. The van der Waals surface area contributed by atoms with Gasteiger partial charge in [-0.25, -0.2) is 0 Å². The maximum atomic E-state index is 10.4. The minimum absolute atomic E-state index is 0.115. The molecule has 0 heterocycles.